The van der Waals surface area contributed by atoms with Gasteiger partial charge < -0.3 is 15.0 Å². The van der Waals surface area contributed by atoms with Crippen LogP contribution in [0.25, 0.3) is 0 Å². The zero-order valence-corrected chi connectivity index (χ0v) is 16.3. The van der Waals surface area contributed by atoms with Gasteiger partial charge >= 0.3 is 0 Å². The van der Waals surface area contributed by atoms with E-state index in [-0.39, 0.29) is 11.9 Å². The predicted molar refractivity (Wildman–Crippen MR) is 114 cm³/mol. The van der Waals surface area contributed by atoms with Gasteiger partial charge in [-0.05, 0) is 29.7 Å². The van der Waals surface area contributed by atoms with Gasteiger partial charge in [0.2, 0.25) is 0 Å². The van der Waals surface area contributed by atoms with E-state index in [0.29, 0.717) is 18.8 Å². The first-order valence-electron chi connectivity index (χ1n) is 9.98. The Morgan fingerprint density at radius 1 is 0.966 bits per heavy atom. The number of carbonyl (C=O) groups is 1. The summed E-state index contributed by atoms with van der Waals surface area (Å²) >= 11 is 0. The predicted octanol–water partition coefficient (Wildman–Crippen LogP) is 3.63. The largest absolute Gasteiger partial charge is 0.378 e. The monoisotopic (exact) mass is 387 g/mol. The molecule has 148 valence electrons. The highest BCUT2D eigenvalue weighted by Crippen LogP contribution is 2.20. The molecule has 1 atom stereocenters. The van der Waals surface area contributed by atoms with E-state index in [0.717, 1.165) is 30.9 Å². The van der Waals surface area contributed by atoms with E-state index < -0.39 is 0 Å². The molecule has 2 aromatic carbocycles. The first-order valence-corrected chi connectivity index (χ1v) is 9.98. The molecule has 1 amide bonds. The molecular weight excluding hydrogens is 362 g/mol. The Labute approximate surface area is 171 Å². The van der Waals surface area contributed by atoms with Crippen molar-refractivity contribution < 1.29 is 9.53 Å². The zero-order chi connectivity index (χ0) is 19.9. The smallest absolute Gasteiger partial charge is 0.253 e. The number of aromatic nitrogens is 1. The van der Waals surface area contributed by atoms with Crippen LogP contribution < -0.4 is 10.2 Å². The lowest BCUT2D eigenvalue weighted by Crippen LogP contribution is -2.36. The van der Waals surface area contributed by atoms with Gasteiger partial charge in [-0.3, -0.25) is 4.79 Å². The Morgan fingerprint density at radius 2 is 1.66 bits per heavy atom. The minimum atomic E-state index is -0.115. The van der Waals surface area contributed by atoms with E-state index in [1.807, 2.05) is 60.7 Å². The molecule has 5 heteroatoms. The van der Waals surface area contributed by atoms with Crippen LogP contribution in [0.2, 0.25) is 0 Å². The molecule has 1 aliphatic rings. The second-order valence-electron chi connectivity index (χ2n) is 7.13. The van der Waals surface area contributed by atoms with Crippen molar-refractivity contribution in [3.8, 4) is 0 Å². The first-order chi connectivity index (χ1) is 14.3. The Balaban J connectivity index is 1.48. The van der Waals surface area contributed by atoms with Gasteiger partial charge in [0.1, 0.15) is 5.82 Å². The van der Waals surface area contributed by atoms with Crippen molar-refractivity contribution in [3.63, 3.8) is 0 Å². The molecule has 0 bridgehead atoms. The summed E-state index contributed by atoms with van der Waals surface area (Å²) in [6.45, 7) is 3.07. The summed E-state index contributed by atoms with van der Waals surface area (Å²) < 4.78 is 5.38. The van der Waals surface area contributed by atoms with E-state index in [1.54, 1.807) is 6.20 Å². The summed E-state index contributed by atoms with van der Waals surface area (Å²) in [5.74, 6) is 0.768. The number of benzene rings is 2. The van der Waals surface area contributed by atoms with Crippen LogP contribution in [0.3, 0.4) is 0 Å². The highest BCUT2D eigenvalue weighted by atomic mass is 16.5. The second kappa shape index (κ2) is 9.34. The SMILES string of the molecule is O=C(N[C@@H](Cc1ccccc1)c1ccccc1)c1ccc(N2CCOCC2)nc1. The Kier molecular flexibility index (Phi) is 6.17. The summed E-state index contributed by atoms with van der Waals surface area (Å²) in [5.41, 5.74) is 2.83. The maximum absolute atomic E-state index is 12.9. The molecule has 1 N–H and O–H groups in total. The number of morpholine rings is 1. The molecule has 29 heavy (non-hydrogen) atoms. The third kappa shape index (κ3) is 5.00. The average molecular weight is 387 g/mol. The fourth-order valence-electron chi connectivity index (χ4n) is 3.53. The number of nitrogens with zero attached hydrogens (tertiary/aromatic N) is 2. The first kappa shape index (κ1) is 19.2. The second-order valence-corrected chi connectivity index (χ2v) is 7.13. The summed E-state index contributed by atoms with van der Waals surface area (Å²) in [7, 11) is 0. The lowest BCUT2D eigenvalue weighted by Gasteiger charge is -2.27. The summed E-state index contributed by atoms with van der Waals surface area (Å²) in [6.07, 6.45) is 2.39. The van der Waals surface area contributed by atoms with Crippen molar-refractivity contribution >= 4 is 11.7 Å². The molecule has 0 unspecified atom stereocenters. The molecule has 0 radical (unpaired) electrons. The molecular formula is C24H25N3O2. The molecule has 0 saturated carbocycles. The van der Waals surface area contributed by atoms with Gasteiger partial charge in [0.15, 0.2) is 0 Å². The van der Waals surface area contributed by atoms with Crippen LogP contribution in [0.5, 0.6) is 0 Å². The molecule has 5 nitrogen and oxygen atoms in total. The number of nitrogens with one attached hydrogen (secondary N) is 1. The number of amides is 1. The standard InChI is InChI=1S/C24H25N3O2/c28-24(21-11-12-23(25-18-21)27-13-15-29-16-14-27)26-22(20-9-5-2-6-10-20)17-19-7-3-1-4-8-19/h1-12,18,22H,13-17H2,(H,26,28)/t22-/m0/s1. The molecule has 0 aliphatic carbocycles. The maximum Gasteiger partial charge on any atom is 0.253 e. The third-order valence-electron chi connectivity index (χ3n) is 5.14. The molecule has 1 aliphatic heterocycles. The summed E-state index contributed by atoms with van der Waals surface area (Å²) in [4.78, 5) is 19.6. The third-order valence-corrected chi connectivity index (χ3v) is 5.14. The van der Waals surface area contributed by atoms with Crippen molar-refractivity contribution in [3.05, 3.63) is 95.7 Å². The Morgan fingerprint density at radius 3 is 2.31 bits per heavy atom. The molecule has 1 fully saturated rings. The van der Waals surface area contributed by atoms with E-state index in [2.05, 4.69) is 27.3 Å². The molecule has 2 heterocycles. The minimum Gasteiger partial charge on any atom is -0.378 e. The van der Waals surface area contributed by atoms with Gasteiger partial charge in [-0.2, -0.15) is 0 Å². The van der Waals surface area contributed by atoms with Crippen molar-refractivity contribution in [1.29, 1.82) is 0 Å². The Bertz CT molecular complexity index is 908. The van der Waals surface area contributed by atoms with Crippen LogP contribution in [0.15, 0.2) is 79.0 Å². The van der Waals surface area contributed by atoms with Crippen LogP contribution in [0, 0.1) is 0 Å². The topological polar surface area (TPSA) is 54.5 Å². The molecule has 3 aromatic rings. The average Bonchev–Trinajstić information content (AvgIpc) is 2.80. The fourth-order valence-corrected chi connectivity index (χ4v) is 3.53. The van der Waals surface area contributed by atoms with E-state index in [1.165, 1.54) is 5.56 Å². The van der Waals surface area contributed by atoms with Crippen molar-refractivity contribution in [2.75, 3.05) is 31.2 Å². The summed E-state index contributed by atoms with van der Waals surface area (Å²) in [5, 5.41) is 3.18. The van der Waals surface area contributed by atoms with Gasteiger partial charge in [-0.1, -0.05) is 60.7 Å². The van der Waals surface area contributed by atoms with Crippen molar-refractivity contribution in [2.45, 2.75) is 12.5 Å². The lowest BCUT2D eigenvalue weighted by atomic mass is 9.98. The number of pyridine rings is 1. The van der Waals surface area contributed by atoms with E-state index in [9.17, 15) is 4.79 Å². The normalized spacial score (nSPS) is 15.0. The highest BCUT2D eigenvalue weighted by molar-refractivity contribution is 5.94. The number of hydrogen-bond donors (Lipinski definition) is 1. The van der Waals surface area contributed by atoms with Crippen molar-refractivity contribution in [1.82, 2.24) is 10.3 Å². The number of rotatable bonds is 6. The van der Waals surface area contributed by atoms with Crippen LogP contribution in [-0.4, -0.2) is 37.2 Å². The molecule has 4 rings (SSSR count). The maximum atomic E-state index is 12.9. The van der Waals surface area contributed by atoms with Crippen LogP contribution >= 0.6 is 0 Å². The zero-order valence-electron chi connectivity index (χ0n) is 16.3. The fraction of sp³-hybridized carbons (Fsp3) is 0.250. The quantitative estimate of drug-likeness (QED) is 0.702. The number of anilines is 1. The lowest BCUT2D eigenvalue weighted by molar-refractivity contribution is 0.0936. The Hall–Kier alpha value is -3.18. The molecule has 1 aromatic heterocycles. The highest BCUT2D eigenvalue weighted by Gasteiger charge is 2.18. The van der Waals surface area contributed by atoms with E-state index >= 15 is 0 Å². The van der Waals surface area contributed by atoms with Gasteiger partial charge in [-0.25, -0.2) is 4.98 Å². The van der Waals surface area contributed by atoms with Gasteiger partial charge in [-0.15, -0.1) is 0 Å². The van der Waals surface area contributed by atoms with Gasteiger partial charge in [0, 0.05) is 19.3 Å². The summed E-state index contributed by atoms with van der Waals surface area (Å²) in [6, 6.07) is 23.9. The number of ether oxygens (including phenoxy) is 1. The number of carbonyl (C=O) groups excluding carboxylic acids is 1. The minimum absolute atomic E-state index is 0.106. The van der Waals surface area contributed by atoms with Gasteiger partial charge in [0.25, 0.3) is 5.91 Å². The molecule has 1 saturated heterocycles. The molecule has 0 spiro atoms. The van der Waals surface area contributed by atoms with Gasteiger partial charge in [0.05, 0.1) is 24.8 Å². The van der Waals surface area contributed by atoms with Crippen molar-refractivity contribution in [2.24, 2.45) is 0 Å². The van der Waals surface area contributed by atoms with Crippen LogP contribution in [-0.2, 0) is 11.2 Å². The van der Waals surface area contributed by atoms with E-state index in [4.69, 9.17) is 4.74 Å². The van der Waals surface area contributed by atoms with Crippen LogP contribution in [0.1, 0.15) is 27.5 Å². The van der Waals surface area contributed by atoms with Crippen LogP contribution in [0.4, 0.5) is 5.82 Å². The number of hydrogen-bond acceptors (Lipinski definition) is 4.